The number of aliphatic hydroxyl groups excluding tert-OH is 1. The Morgan fingerprint density at radius 1 is 1.05 bits per heavy atom. The SMILES string of the molecule is O=C(NCc1ccccc1OCCO)Nc1ccccc1. The molecule has 0 aromatic heterocycles. The summed E-state index contributed by atoms with van der Waals surface area (Å²) in [5.41, 5.74) is 1.59. The Balaban J connectivity index is 1.89. The number of amides is 2. The van der Waals surface area contributed by atoms with Gasteiger partial charge in [0, 0.05) is 17.8 Å². The van der Waals surface area contributed by atoms with Crippen LogP contribution in [0, 0.1) is 0 Å². The third kappa shape index (κ3) is 4.81. The molecule has 3 N–H and O–H groups in total. The van der Waals surface area contributed by atoms with Crippen LogP contribution in [0.15, 0.2) is 54.6 Å². The molecule has 0 spiro atoms. The first kappa shape index (κ1) is 14.9. The molecule has 110 valence electrons. The van der Waals surface area contributed by atoms with Crippen LogP contribution in [-0.4, -0.2) is 24.4 Å². The van der Waals surface area contributed by atoms with E-state index in [9.17, 15) is 4.79 Å². The Labute approximate surface area is 123 Å². The van der Waals surface area contributed by atoms with Gasteiger partial charge in [0.2, 0.25) is 0 Å². The summed E-state index contributed by atoms with van der Waals surface area (Å²) < 4.78 is 5.42. The van der Waals surface area contributed by atoms with Crippen molar-refractivity contribution in [3.05, 3.63) is 60.2 Å². The van der Waals surface area contributed by atoms with E-state index < -0.39 is 0 Å². The van der Waals surface area contributed by atoms with Gasteiger partial charge in [-0.3, -0.25) is 0 Å². The van der Waals surface area contributed by atoms with Crippen LogP contribution in [0.3, 0.4) is 0 Å². The van der Waals surface area contributed by atoms with E-state index in [0.717, 1.165) is 11.3 Å². The van der Waals surface area contributed by atoms with Crippen LogP contribution in [0.1, 0.15) is 5.56 Å². The molecule has 0 radical (unpaired) electrons. The highest BCUT2D eigenvalue weighted by atomic mass is 16.5. The van der Waals surface area contributed by atoms with Crippen molar-refractivity contribution in [3.63, 3.8) is 0 Å². The van der Waals surface area contributed by atoms with Crippen LogP contribution in [0.2, 0.25) is 0 Å². The molecule has 5 nitrogen and oxygen atoms in total. The summed E-state index contributed by atoms with van der Waals surface area (Å²) in [5, 5.41) is 14.3. The molecule has 0 aliphatic rings. The second-order valence-corrected chi connectivity index (χ2v) is 4.35. The van der Waals surface area contributed by atoms with E-state index in [4.69, 9.17) is 9.84 Å². The predicted octanol–water partition coefficient (Wildman–Crippen LogP) is 2.38. The minimum atomic E-state index is -0.279. The van der Waals surface area contributed by atoms with Gasteiger partial charge in [-0.1, -0.05) is 36.4 Å². The van der Waals surface area contributed by atoms with Gasteiger partial charge in [0.05, 0.1) is 6.61 Å². The van der Waals surface area contributed by atoms with Crippen LogP contribution in [0.4, 0.5) is 10.5 Å². The molecule has 0 heterocycles. The smallest absolute Gasteiger partial charge is 0.319 e. The Morgan fingerprint density at radius 3 is 2.52 bits per heavy atom. The standard InChI is InChI=1S/C16H18N2O3/c19-10-11-21-15-9-5-4-6-13(15)12-17-16(20)18-14-7-2-1-3-8-14/h1-9,19H,10-12H2,(H2,17,18,20). The highest BCUT2D eigenvalue weighted by Gasteiger charge is 2.05. The monoisotopic (exact) mass is 286 g/mol. The largest absolute Gasteiger partial charge is 0.491 e. The van der Waals surface area contributed by atoms with Crippen LogP contribution < -0.4 is 15.4 Å². The van der Waals surface area contributed by atoms with E-state index in [1.807, 2.05) is 54.6 Å². The molecule has 0 saturated carbocycles. The maximum atomic E-state index is 11.8. The van der Waals surface area contributed by atoms with E-state index in [2.05, 4.69) is 10.6 Å². The molecular weight excluding hydrogens is 268 g/mol. The molecule has 0 unspecified atom stereocenters. The molecule has 21 heavy (non-hydrogen) atoms. The molecule has 2 rings (SSSR count). The zero-order valence-corrected chi connectivity index (χ0v) is 11.6. The lowest BCUT2D eigenvalue weighted by Crippen LogP contribution is -2.28. The number of anilines is 1. The van der Waals surface area contributed by atoms with Crippen LogP contribution >= 0.6 is 0 Å². The molecule has 0 saturated heterocycles. The molecule has 2 aromatic carbocycles. The number of nitrogens with one attached hydrogen (secondary N) is 2. The number of rotatable bonds is 6. The Bertz CT molecular complexity index is 573. The number of carbonyl (C=O) groups excluding carboxylic acids is 1. The van der Waals surface area contributed by atoms with E-state index in [0.29, 0.717) is 12.3 Å². The molecule has 5 heteroatoms. The van der Waals surface area contributed by atoms with Crippen molar-refractivity contribution in [2.24, 2.45) is 0 Å². The molecular formula is C16H18N2O3. The average molecular weight is 286 g/mol. The minimum absolute atomic E-state index is 0.0454. The van der Waals surface area contributed by atoms with Gasteiger partial charge in [-0.05, 0) is 18.2 Å². The maximum Gasteiger partial charge on any atom is 0.319 e. The lowest BCUT2D eigenvalue weighted by atomic mass is 10.2. The normalized spacial score (nSPS) is 9.95. The second kappa shape index (κ2) is 7.91. The van der Waals surface area contributed by atoms with Crippen molar-refractivity contribution in [2.45, 2.75) is 6.54 Å². The molecule has 0 bridgehead atoms. The highest BCUT2D eigenvalue weighted by Crippen LogP contribution is 2.17. The summed E-state index contributed by atoms with van der Waals surface area (Å²) in [4.78, 5) is 11.8. The Morgan fingerprint density at radius 2 is 1.76 bits per heavy atom. The fourth-order valence-corrected chi connectivity index (χ4v) is 1.82. The molecule has 0 fully saturated rings. The number of aliphatic hydroxyl groups is 1. The first-order chi connectivity index (χ1) is 10.3. The number of benzene rings is 2. The number of hydrogen-bond acceptors (Lipinski definition) is 3. The van der Waals surface area contributed by atoms with Crippen molar-refractivity contribution in [1.29, 1.82) is 0 Å². The first-order valence-corrected chi connectivity index (χ1v) is 6.71. The van der Waals surface area contributed by atoms with E-state index in [-0.39, 0.29) is 19.2 Å². The van der Waals surface area contributed by atoms with Gasteiger partial charge < -0.3 is 20.5 Å². The van der Waals surface area contributed by atoms with Crippen molar-refractivity contribution in [2.75, 3.05) is 18.5 Å². The van der Waals surface area contributed by atoms with Gasteiger partial charge in [-0.15, -0.1) is 0 Å². The second-order valence-electron chi connectivity index (χ2n) is 4.35. The zero-order chi connectivity index (χ0) is 14.9. The summed E-state index contributed by atoms with van der Waals surface area (Å²) in [6.07, 6.45) is 0. The molecule has 2 aromatic rings. The van der Waals surface area contributed by atoms with Gasteiger partial charge in [0.1, 0.15) is 12.4 Å². The van der Waals surface area contributed by atoms with Gasteiger partial charge >= 0.3 is 6.03 Å². The van der Waals surface area contributed by atoms with E-state index >= 15 is 0 Å². The van der Waals surface area contributed by atoms with E-state index in [1.165, 1.54) is 0 Å². The summed E-state index contributed by atoms with van der Waals surface area (Å²) >= 11 is 0. The van der Waals surface area contributed by atoms with Crippen molar-refractivity contribution in [3.8, 4) is 5.75 Å². The fraction of sp³-hybridized carbons (Fsp3) is 0.188. The minimum Gasteiger partial charge on any atom is -0.491 e. The summed E-state index contributed by atoms with van der Waals surface area (Å²) in [6, 6.07) is 16.3. The Hall–Kier alpha value is -2.53. The lowest BCUT2D eigenvalue weighted by molar-refractivity contribution is 0.200. The lowest BCUT2D eigenvalue weighted by Gasteiger charge is -2.12. The van der Waals surface area contributed by atoms with Crippen LogP contribution in [-0.2, 0) is 6.54 Å². The fourth-order valence-electron chi connectivity index (χ4n) is 1.82. The van der Waals surface area contributed by atoms with E-state index in [1.54, 1.807) is 0 Å². The van der Waals surface area contributed by atoms with Crippen molar-refractivity contribution >= 4 is 11.7 Å². The van der Waals surface area contributed by atoms with Gasteiger partial charge in [-0.2, -0.15) is 0 Å². The zero-order valence-electron chi connectivity index (χ0n) is 11.6. The molecule has 0 atom stereocenters. The number of ether oxygens (including phenoxy) is 1. The van der Waals surface area contributed by atoms with Gasteiger partial charge in [0.25, 0.3) is 0 Å². The van der Waals surface area contributed by atoms with Gasteiger partial charge in [-0.25, -0.2) is 4.79 Å². The molecule has 0 aliphatic carbocycles. The number of urea groups is 1. The van der Waals surface area contributed by atoms with Crippen molar-refractivity contribution in [1.82, 2.24) is 5.32 Å². The number of hydrogen-bond donors (Lipinski definition) is 3. The molecule has 2 amide bonds. The summed E-state index contributed by atoms with van der Waals surface area (Å²) in [7, 11) is 0. The van der Waals surface area contributed by atoms with Crippen LogP contribution in [0.25, 0.3) is 0 Å². The Kier molecular flexibility index (Phi) is 5.60. The van der Waals surface area contributed by atoms with Gasteiger partial charge in [0.15, 0.2) is 0 Å². The predicted molar refractivity (Wildman–Crippen MR) is 81.3 cm³/mol. The third-order valence-corrected chi connectivity index (χ3v) is 2.79. The maximum absolute atomic E-state index is 11.8. The summed E-state index contributed by atoms with van der Waals surface area (Å²) in [6.45, 7) is 0.531. The summed E-state index contributed by atoms with van der Waals surface area (Å²) in [5.74, 6) is 0.659. The van der Waals surface area contributed by atoms with Crippen LogP contribution in [0.5, 0.6) is 5.75 Å². The molecule has 0 aliphatic heterocycles. The van der Waals surface area contributed by atoms with Crippen molar-refractivity contribution < 1.29 is 14.6 Å². The average Bonchev–Trinajstić information content (AvgIpc) is 2.52. The number of carbonyl (C=O) groups is 1. The third-order valence-electron chi connectivity index (χ3n) is 2.79. The first-order valence-electron chi connectivity index (χ1n) is 6.71. The topological polar surface area (TPSA) is 70.6 Å². The quantitative estimate of drug-likeness (QED) is 0.763. The highest BCUT2D eigenvalue weighted by molar-refractivity contribution is 5.89. The number of para-hydroxylation sites is 2.